The van der Waals surface area contributed by atoms with Crippen molar-refractivity contribution in [3.63, 3.8) is 0 Å². The minimum absolute atomic E-state index is 0.772. The Morgan fingerprint density at radius 1 is 1.64 bits per heavy atom. The highest BCUT2D eigenvalue weighted by molar-refractivity contribution is 6.35. The van der Waals surface area contributed by atoms with Crippen LogP contribution in [0.25, 0.3) is 0 Å². The van der Waals surface area contributed by atoms with E-state index in [1.807, 2.05) is 18.7 Å². The second kappa shape index (κ2) is 4.22. The predicted molar refractivity (Wildman–Crippen MR) is 49.1 cm³/mol. The van der Waals surface area contributed by atoms with E-state index in [2.05, 4.69) is 23.3 Å². The Bertz CT molecular complexity index is 184. The molecule has 1 unspecified atom stereocenters. The monoisotopic (exact) mass is 150 g/mol. The Hall–Kier alpha value is -0.725. The molecule has 1 rings (SSSR count). The van der Waals surface area contributed by atoms with Crippen molar-refractivity contribution in [2.24, 2.45) is 0 Å². The summed E-state index contributed by atoms with van der Waals surface area (Å²) in [5.74, 6) is 0.772. The summed E-state index contributed by atoms with van der Waals surface area (Å²) < 4.78 is 2.14. The van der Waals surface area contributed by atoms with Crippen molar-refractivity contribution in [2.45, 2.75) is 32.5 Å². The molecule has 0 radical (unpaired) electrons. The molecule has 0 bridgehead atoms. The Morgan fingerprint density at radius 3 is 3.00 bits per heavy atom. The fourth-order valence-corrected chi connectivity index (χ4v) is 1.34. The maximum Gasteiger partial charge on any atom is 0.245 e. The second-order valence-corrected chi connectivity index (χ2v) is 3.15. The number of rotatable bonds is 4. The summed E-state index contributed by atoms with van der Waals surface area (Å²) in [5, 5.41) is 0. The molecule has 1 atom stereocenters. The van der Waals surface area contributed by atoms with E-state index in [1.54, 1.807) is 0 Å². The van der Waals surface area contributed by atoms with E-state index in [0.717, 1.165) is 13.2 Å². The molecule has 0 aliphatic carbocycles. The van der Waals surface area contributed by atoms with Gasteiger partial charge >= 0.3 is 0 Å². The number of imidazole rings is 1. The molecule has 0 amide bonds. The number of aromatic nitrogens is 2. The van der Waals surface area contributed by atoms with Gasteiger partial charge in [0.05, 0.1) is 6.33 Å². The Morgan fingerprint density at radius 2 is 2.45 bits per heavy atom. The molecule has 1 aromatic heterocycles. The van der Waals surface area contributed by atoms with Crippen LogP contribution in [0.3, 0.4) is 0 Å². The summed E-state index contributed by atoms with van der Waals surface area (Å²) in [6.07, 6.45) is 8.31. The molecule has 0 spiro atoms. The first-order valence-electron chi connectivity index (χ1n) is 4.28. The maximum absolute atomic E-state index is 4.00. The molecule has 0 saturated carbocycles. The van der Waals surface area contributed by atoms with Crippen LogP contribution in [0.2, 0.25) is 5.82 Å². The van der Waals surface area contributed by atoms with E-state index < -0.39 is 0 Å². The van der Waals surface area contributed by atoms with Crippen LogP contribution in [0.15, 0.2) is 18.7 Å². The predicted octanol–water partition coefficient (Wildman–Crippen LogP) is 1.69. The highest BCUT2D eigenvalue weighted by atomic mass is 14.9. The van der Waals surface area contributed by atoms with Crippen molar-refractivity contribution in [2.75, 3.05) is 0 Å². The lowest BCUT2D eigenvalue weighted by atomic mass is 9.74. The lowest BCUT2D eigenvalue weighted by Crippen LogP contribution is -2.09. The van der Waals surface area contributed by atoms with Gasteiger partial charge in [-0.05, 0) is 5.82 Å². The van der Waals surface area contributed by atoms with E-state index in [1.165, 1.54) is 12.8 Å². The van der Waals surface area contributed by atoms with Crippen molar-refractivity contribution in [3.05, 3.63) is 18.7 Å². The molecule has 0 N–H and O–H groups in total. The van der Waals surface area contributed by atoms with E-state index >= 15 is 0 Å². The Balaban J connectivity index is 2.31. The molecule has 1 heterocycles. The molecule has 11 heavy (non-hydrogen) atoms. The van der Waals surface area contributed by atoms with E-state index in [-0.39, 0.29) is 0 Å². The topological polar surface area (TPSA) is 17.8 Å². The molecule has 0 aliphatic heterocycles. The lowest BCUT2D eigenvalue weighted by molar-refractivity contribution is 0.754. The van der Waals surface area contributed by atoms with Crippen LogP contribution in [-0.2, 0) is 0 Å². The first-order chi connectivity index (χ1) is 5.33. The zero-order valence-electron chi connectivity index (χ0n) is 7.33. The summed E-state index contributed by atoms with van der Waals surface area (Å²) in [6.45, 7) is 4.51. The van der Waals surface area contributed by atoms with Crippen molar-refractivity contribution >= 4 is 7.41 Å². The zero-order valence-corrected chi connectivity index (χ0v) is 7.33. The summed E-state index contributed by atoms with van der Waals surface area (Å²) >= 11 is 0. The normalized spacial score (nSPS) is 12.9. The average molecular weight is 150 g/mol. The van der Waals surface area contributed by atoms with Gasteiger partial charge in [-0.2, -0.15) is 0 Å². The summed E-state index contributed by atoms with van der Waals surface area (Å²) in [7, 11) is 1.10. The van der Waals surface area contributed by atoms with Gasteiger partial charge in [0.2, 0.25) is 7.41 Å². The Labute approximate surface area is 68.9 Å². The van der Waals surface area contributed by atoms with Gasteiger partial charge in [-0.25, -0.2) is 4.98 Å². The fourth-order valence-electron chi connectivity index (χ4n) is 1.34. The van der Waals surface area contributed by atoms with Crippen LogP contribution in [0.1, 0.15) is 26.7 Å². The largest absolute Gasteiger partial charge is 0.386 e. The zero-order chi connectivity index (χ0) is 8.10. The van der Waals surface area contributed by atoms with E-state index in [9.17, 15) is 0 Å². The molecule has 0 saturated heterocycles. The molecule has 0 fully saturated rings. The molecule has 2 nitrogen and oxygen atoms in total. The minimum atomic E-state index is 0.772. The highest BCUT2D eigenvalue weighted by Gasteiger charge is 2.03. The second-order valence-electron chi connectivity index (χ2n) is 3.15. The average Bonchev–Trinajstić information content (AvgIpc) is 2.40. The molecule has 0 aromatic carbocycles. The maximum atomic E-state index is 4.00. The van der Waals surface area contributed by atoms with Gasteiger partial charge in [0, 0.05) is 12.4 Å². The van der Waals surface area contributed by atoms with Crippen molar-refractivity contribution in [1.82, 2.24) is 9.46 Å². The van der Waals surface area contributed by atoms with Crippen LogP contribution < -0.4 is 0 Å². The van der Waals surface area contributed by atoms with Crippen LogP contribution >= 0.6 is 0 Å². The molecular weight excluding hydrogens is 135 g/mol. The van der Waals surface area contributed by atoms with Crippen molar-refractivity contribution in [3.8, 4) is 0 Å². The van der Waals surface area contributed by atoms with Crippen LogP contribution in [-0.4, -0.2) is 16.9 Å². The standard InChI is InChI=1S/C8H15BN2/c1-3-4-8(2)9-11-6-5-10-7-11/h5-9H,3-4H2,1-2H3. The van der Waals surface area contributed by atoms with Gasteiger partial charge in [0.15, 0.2) is 0 Å². The van der Waals surface area contributed by atoms with Gasteiger partial charge < -0.3 is 4.48 Å². The number of nitrogens with zero attached hydrogens (tertiary/aromatic N) is 2. The van der Waals surface area contributed by atoms with Gasteiger partial charge in [-0.15, -0.1) is 0 Å². The quantitative estimate of drug-likeness (QED) is 0.597. The van der Waals surface area contributed by atoms with Crippen LogP contribution in [0, 0.1) is 0 Å². The number of hydrogen-bond donors (Lipinski definition) is 0. The third-order valence-electron chi connectivity index (χ3n) is 1.86. The SMILES string of the molecule is CCCC(C)Bn1ccnc1. The first kappa shape index (κ1) is 8.37. The van der Waals surface area contributed by atoms with Crippen molar-refractivity contribution < 1.29 is 0 Å². The Kier molecular flexibility index (Phi) is 3.21. The van der Waals surface area contributed by atoms with Gasteiger partial charge in [-0.1, -0.05) is 26.7 Å². The summed E-state index contributed by atoms with van der Waals surface area (Å²) in [4.78, 5) is 4.00. The third-order valence-corrected chi connectivity index (χ3v) is 1.86. The first-order valence-corrected chi connectivity index (χ1v) is 4.28. The third kappa shape index (κ3) is 2.79. The van der Waals surface area contributed by atoms with Crippen molar-refractivity contribution in [1.29, 1.82) is 0 Å². The number of hydrogen-bond acceptors (Lipinski definition) is 1. The van der Waals surface area contributed by atoms with Gasteiger partial charge in [0.25, 0.3) is 0 Å². The van der Waals surface area contributed by atoms with Gasteiger partial charge in [-0.3, -0.25) is 0 Å². The lowest BCUT2D eigenvalue weighted by Gasteiger charge is -2.07. The summed E-state index contributed by atoms with van der Waals surface area (Å²) in [5.41, 5.74) is 0. The van der Waals surface area contributed by atoms with E-state index in [4.69, 9.17) is 0 Å². The van der Waals surface area contributed by atoms with E-state index in [0.29, 0.717) is 0 Å². The molecular formula is C8H15BN2. The summed E-state index contributed by atoms with van der Waals surface area (Å²) in [6, 6.07) is 0. The van der Waals surface area contributed by atoms with Crippen LogP contribution in [0.4, 0.5) is 0 Å². The minimum Gasteiger partial charge on any atom is -0.386 e. The van der Waals surface area contributed by atoms with Crippen LogP contribution in [0.5, 0.6) is 0 Å². The fraction of sp³-hybridized carbons (Fsp3) is 0.625. The highest BCUT2D eigenvalue weighted by Crippen LogP contribution is 2.09. The van der Waals surface area contributed by atoms with Gasteiger partial charge in [0.1, 0.15) is 0 Å². The molecule has 60 valence electrons. The molecule has 1 aromatic rings. The smallest absolute Gasteiger partial charge is 0.245 e. The molecule has 0 aliphatic rings. The molecule has 3 heteroatoms.